The van der Waals surface area contributed by atoms with E-state index in [1.165, 1.54) is 0 Å². The lowest BCUT2D eigenvalue weighted by Crippen LogP contribution is -2.50. The van der Waals surface area contributed by atoms with Crippen LogP contribution in [0.3, 0.4) is 0 Å². The number of fused-ring (bicyclic) bond motifs is 2. The number of likely N-dealkylation sites (tertiary alicyclic amines) is 1. The summed E-state index contributed by atoms with van der Waals surface area (Å²) in [5.41, 5.74) is 0.600. The van der Waals surface area contributed by atoms with Gasteiger partial charge in [0.15, 0.2) is 0 Å². The molecular formula is C21H26N6O4. The molecule has 2 aliphatic heterocycles. The summed E-state index contributed by atoms with van der Waals surface area (Å²) < 4.78 is 5.52. The quantitative estimate of drug-likeness (QED) is 0.582. The number of carbonyl (C=O) groups excluding carboxylic acids is 1. The molecule has 2 saturated heterocycles. The van der Waals surface area contributed by atoms with E-state index in [9.17, 15) is 14.9 Å². The summed E-state index contributed by atoms with van der Waals surface area (Å²) >= 11 is 0. The summed E-state index contributed by atoms with van der Waals surface area (Å²) in [6.45, 7) is 8.43. The summed E-state index contributed by atoms with van der Waals surface area (Å²) in [5.74, 6) is 0.856. The average Bonchev–Trinajstić information content (AvgIpc) is 3.28. The molecule has 2 aromatic heterocycles. The fraction of sp³-hybridized carbons (Fsp3) is 0.476. The van der Waals surface area contributed by atoms with Gasteiger partial charge in [0.2, 0.25) is 5.82 Å². The van der Waals surface area contributed by atoms with Crippen LogP contribution in [0.2, 0.25) is 0 Å². The maximum Gasteiger partial charge on any atom is 0.410 e. The number of carbonyl (C=O) groups is 1. The van der Waals surface area contributed by atoms with Crippen LogP contribution < -0.4 is 10.2 Å². The van der Waals surface area contributed by atoms with Crippen molar-refractivity contribution in [3.63, 3.8) is 0 Å². The van der Waals surface area contributed by atoms with Gasteiger partial charge < -0.3 is 19.9 Å². The lowest BCUT2D eigenvalue weighted by Gasteiger charge is -2.36. The van der Waals surface area contributed by atoms with Crippen molar-refractivity contribution in [2.75, 3.05) is 23.3 Å². The van der Waals surface area contributed by atoms with Crippen molar-refractivity contribution < 1.29 is 14.5 Å². The fourth-order valence-electron chi connectivity index (χ4n) is 4.18. The number of aryl methyl sites for hydroxylation is 1. The number of aromatic nitrogens is 2. The van der Waals surface area contributed by atoms with Crippen LogP contribution in [0.4, 0.5) is 27.8 Å². The van der Waals surface area contributed by atoms with Crippen molar-refractivity contribution in [3.8, 4) is 0 Å². The van der Waals surface area contributed by atoms with Gasteiger partial charge in [0.25, 0.3) is 0 Å². The van der Waals surface area contributed by atoms with E-state index < -0.39 is 10.5 Å². The van der Waals surface area contributed by atoms with Crippen LogP contribution >= 0.6 is 0 Å². The molecular weight excluding hydrogens is 400 g/mol. The van der Waals surface area contributed by atoms with Gasteiger partial charge in [-0.3, -0.25) is 15.1 Å². The number of nitrogens with zero attached hydrogens (tertiary/aromatic N) is 5. The van der Waals surface area contributed by atoms with E-state index in [1.54, 1.807) is 42.4 Å². The Hall–Kier alpha value is -3.43. The predicted octanol–water partition coefficient (Wildman–Crippen LogP) is 3.63. The van der Waals surface area contributed by atoms with Gasteiger partial charge in [0.1, 0.15) is 11.4 Å². The number of hydrogen-bond acceptors (Lipinski definition) is 8. The van der Waals surface area contributed by atoms with Gasteiger partial charge in [-0.15, -0.1) is 0 Å². The summed E-state index contributed by atoms with van der Waals surface area (Å²) in [7, 11) is 0. The molecule has 0 unspecified atom stereocenters. The van der Waals surface area contributed by atoms with Crippen molar-refractivity contribution in [2.45, 2.75) is 51.8 Å². The molecule has 4 rings (SSSR count). The summed E-state index contributed by atoms with van der Waals surface area (Å²) in [6, 6.07) is 5.33. The van der Waals surface area contributed by atoms with Gasteiger partial charge in [-0.05, 0) is 52.3 Å². The molecule has 4 heterocycles. The zero-order valence-electron chi connectivity index (χ0n) is 18.0. The molecule has 1 N–H and O–H groups in total. The zero-order valence-corrected chi connectivity index (χ0v) is 18.0. The summed E-state index contributed by atoms with van der Waals surface area (Å²) in [4.78, 5) is 36.2. The third-order valence-corrected chi connectivity index (χ3v) is 5.46. The molecule has 10 nitrogen and oxygen atoms in total. The molecule has 1 amide bonds. The van der Waals surface area contributed by atoms with Crippen LogP contribution in [0.15, 0.2) is 30.6 Å². The first-order chi connectivity index (χ1) is 14.6. The third-order valence-electron chi connectivity index (χ3n) is 5.46. The highest BCUT2D eigenvalue weighted by molar-refractivity contribution is 5.72. The van der Waals surface area contributed by atoms with E-state index in [1.807, 2.05) is 20.8 Å². The highest BCUT2D eigenvalue weighted by atomic mass is 16.6. The van der Waals surface area contributed by atoms with Gasteiger partial charge in [0.05, 0.1) is 17.0 Å². The molecule has 0 aromatic carbocycles. The SMILES string of the molecule is Cc1cc(N2C[C@@H]3C[C@H]2CN3C(=O)OC(C)(C)C)nc(Nc2ccncc2)c1[N+](=O)[O-]. The second kappa shape index (κ2) is 7.68. The van der Waals surface area contributed by atoms with Crippen LogP contribution in [-0.2, 0) is 4.74 Å². The topological polar surface area (TPSA) is 114 Å². The normalized spacial score (nSPS) is 20.1. The summed E-state index contributed by atoms with van der Waals surface area (Å²) in [5, 5.41) is 14.7. The Morgan fingerprint density at radius 3 is 2.55 bits per heavy atom. The molecule has 10 heteroatoms. The van der Waals surface area contributed by atoms with Crippen LogP contribution in [0, 0.1) is 17.0 Å². The highest BCUT2D eigenvalue weighted by Gasteiger charge is 2.47. The van der Waals surface area contributed by atoms with Crippen molar-refractivity contribution in [1.82, 2.24) is 14.9 Å². The monoisotopic (exact) mass is 426 g/mol. The second-order valence-electron chi connectivity index (χ2n) is 8.94. The molecule has 2 aromatic rings. The number of nitro groups is 1. The Labute approximate surface area is 180 Å². The highest BCUT2D eigenvalue weighted by Crippen LogP contribution is 2.38. The summed E-state index contributed by atoms with van der Waals surface area (Å²) in [6.07, 6.45) is 3.74. The second-order valence-corrected chi connectivity index (χ2v) is 8.94. The van der Waals surface area contributed by atoms with Gasteiger partial charge >= 0.3 is 11.8 Å². The van der Waals surface area contributed by atoms with Crippen LogP contribution in [0.1, 0.15) is 32.8 Å². The van der Waals surface area contributed by atoms with E-state index in [4.69, 9.17) is 4.74 Å². The molecule has 164 valence electrons. The van der Waals surface area contributed by atoms with Crippen LogP contribution in [-0.4, -0.2) is 56.7 Å². The Balaban J connectivity index is 1.57. The first-order valence-corrected chi connectivity index (χ1v) is 10.2. The van der Waals surface area contributed by atoms with Gasteiger partial charge in [0, 0.05) is 36.7 Å². The number of pyridine rings is 2. The first-order valence-electron chi connectivity index (χ1n) is 10.2. The number of piperazine rings is 1. The van der Waals surface area contributed by atoms with E-state index in [-0.39, 0.29) is 29.7 Å². The molecule has 2 aliphatic rings. The van der Waals surface area contributed by atoms with Gasteiger partial charge in [-0.25, -0.2) is 9.78 Å². The van der Waals surface area contributed by atoms with E-state index in [2.05, 4.69) is 20.2 Å². The number of amides is 1. The predicted molar refractivity (Wildman–Crippen MR) is 116 cm³/mol. The Morgan fingerprint density at radius 1 is 1.26 bits per heavy atom. The number of anilines is 3. The standard InChI is InChI=1S/C21H26N6O4/c1-13-9-17(24-19(18(13)27(29)30)23-14-5-7-22-8-6-14)25-11-16-10-15(25)12-26(16)20(28)31-21(2,3)4/h5-9,15-16H,10-12H2,1-4H3,(H,22,23,24)/t15-,16-/m0/s1. The molecule has 0 radical (unpaired) electrons. The molecule has 0 aliphatic carbocycles. The van der Waals surface area contributed by atoms with Gasteiger partial charge in [-0.2, -0.15) is 0 Å². The minimum absolute atomic E-state index is 0.0359. The maximum absolute atomic E-state index is 12.5. The van der Waals surface area contributed by atoms with Crippen molar-refractivity contribution in [2.24, 2.45) is 0 Å². The Kier molecular flexibility index (Phi) is 5.16. The molecule has 2 atom stereocenters. The lowest BCUT2D eigenvalue weighted by atomic mass is 10.2. The van der Waals surface area contributed by atoms with Crippen molar-refractivity contribution in [3.05, 3.63) is 46.3 Å². The molecule has 31 heavy (non-hydrogen) atoms. The number of ether oxygens (including phenoxy) is 1. The number of nitrogens with one attached hydrogen (secondary N) is 1. The third kappa shape index (κ3) is 4.23. The van der Waals surface area contributed by atoms with E-state index >= 15 is 0 Å². The number of hydrogen-bond donors (Lipinski definition) is 1. The minimum Gasteiger partial charge on any atom is -0.444 e. The molecule has 0 saturated carbocycles. The number of rotatable bonds is 4. The average molecular weight is 426 g/mol. The molecule has 2 bridgehead atoms. The Morgan fingerprint density at radius 2 is 1.97 bits per heavy atom. The van der Waals surface area contributed by atoms with Crippen molar-refractivity contribution >= 4 is 29.1 Å². The lowest BCUT2D eigenvalue weighted by molar-refractivity contribution is -0.384. The minimum atomic E-state index is -0.539. The fourth-order valence-corrected chi connectivity index (χ4v) is 4.18. The molecule has 0 spiro atoms. The zero-order chi connectivity index (χ0) is 22.3. The largest absolute Gasteiger partial charge is 0.444 e. The van der Waals surface area contributed by atoms with Gasteiger partial charge in [-0.1, -0.05) is 0 Å². The first kappa shape index (κ1) is 20.8. The molecule has 2 fully saturated rings. The van der Waals surface area contributed by atoms with E-state index in [0.29, 0.717) is 30.2 Å². The Bertz CT molecular complexity index is 1010. The van der Waals surface area contributed by atoms with Crippen LogP contribution in [0.5, 0.6) is 0 Å². The van der Waals surface area contributed by atoms with E-state index in [0.717, 1.165) is 6.42 Å². The smallest absolute Gasteiger partial charge is 0.410 e. The maximum atomic E-state index is 12.5. The van der Waals surface area contributed by atoms with Crippen molar-refractivity contribution in [1.29, 1.82) is 0 Å². The van der Waals surface area contributed by atoms with Crippen LogP contribution in [0.25, 0.3) is 0 Å².